The number of hydrogen-bond donors (Lipinski definition) is 2. The molecule has 0 saturated heterocycles. The van der Waals surface area contributed by atoms with Crippen LogP contribution >= 0.6 is 11.3 Å². The SMILES string of the molecule is O=C(CN(c1ccc(F)cc1)S(=O)(=O)c1cccs1)Nc1ccccc1C(=O)NCc1ccco1. The second-order valence-electron chi connectivity index (χ2n) is 7.28. The summed E-state index contributed by atoms with van der Waals surface area (Å²) in [6.07, 6.45) is 1.49. The van der Waals surface area contributed by atoms with Crippen molar-refractivity contribution >= 4 is 44.5 Å². The molecule has 4 aromatic rings. The molecule has 0 radical (unpaired) electrons. The maximum Gasteiger partial charge on any atom is 0.274 e. The molecule has 2 aromatic carbocycles. The number of halogens is 1. The summed E-state index contributed by atoms with van der Waals surface area (Å²) in [7, 11) is -4.09. The van der Waals surface area contributed by atoms with E-state index in [1.54, 1.807) is 35.7 Å². The Morgan fingerprint density at radius 3 is 2.43 bits per heavy atom. The number of furan rings is 1. The van der Waals surface area contributed by atoms with Gasteiger partial charge in [0.15, 0.2) is 0 Å². The van der Waals surface area contributed by atoms with Crippen molar-refractivity contribution in [1.82, 2.24) is 5.32 Å². The Hall–Kier alpha value is -3.96. The zero-order valence-electron chi connectivity index (χ0n) is 18.2. The van der Waals surface area contributed by atoms with E-state index >= 15 is 0 Å². The van der Waals surface area contributed by atoms with Gasteiger partial charge in [-0.15, -0.1) is 11.3 Å². The highest BCUT2D eigenvalue weighted by Crippen LogP contribution is 2.27. The number of rotatable bonds is 9. The summed E-state index contributed by atoms with van der Waals surface area (Å²) in [5.74, 6) is -1.10. The van der Waals surface area contributed by atoms with Crippen LogP contribution in [0.25, 0.3) is 0 Å². The number of hydrogen-bond acceptors (Lipinski definition) is 6. The molecule has 0 saturated carbocycles. The highest BCUT2D eigenvalue weighted by atomic mass is 32.2. The molecule has 0 spiro atoms. The van der Waals surface area contributed by atoms with Crippen molar-refractivity contribution in [1.29, 1.82) is 0 Å². The van der Waals surface area contributed by atoms with Crippen molar-refractivity contribution in [3.63, 3.8) is 0 Å². The van der Waals surface area contributed by atoms with Crippen LogP contribution in [-0.4, -0.2) is 26.8 Å². The van der Waals surface area contributed by atoms with Gasteiger partial charge in [-0.25, -0.2) is 12.8 Å². The summed E-state index contributed by atoms with van der Waals surface area (Å²) in [6, 6.07) is 17.6. The molecule has 0 atom stereocenters. The smallest absolute Gasteiger partial charge is 0.274 e. The van der Waals surface area contributed by atoms with Gasteiger partial charge in [0.1, 0.15) is 22.3 Å². The predicted molar refractivity (Wildman–Crippen MR) is 130 cm³/mol. The number of nitrogens with one attached hydrogen (secondary N) is 2. The predicted octanol–water partition coefficient (Wildman–Crippen LogP) is 4.24. The Bertz CT molecular complexity index is 1400. The van der Waals surface area contributed by atoms with Crippen LogP contribution in [0.3, 0.4) is 0 Å². The van der Waals surface area contributed by atoms with Gasteiger partial charge in [-0.3, -0.25) is 13.9 Å². The van der Waals surface area contributed by atoms with E-state index in [0.717, 1.165) is 27.8 Å². The van der Waals surface area contributed by atoms with Crippen LogP contribution in [0.4, 0.5) is 15.8 Å². The van der Waals surface area contributed by atoms with Gasteiger partial charge in [0.05, 0.1) is 29.7 Å². The average molecular weight is 514 g/mol. The first-order valence-electron chi connectivity index (χ1n) is 10.4. The van der Waals surface area contributed by atoms with Crippen molar-refractivity contribution in [2.24, 2.45) is 0 Å². The van der Waals surface area contributed by atoms with Crippen molar-refractivity contribution in [2.75, 3.05) is 16.2 Å². The molecule has 0 bridgehead atoms. The van der Waals surface area contributed by atoms with E-state index < -0.39 is 34.2 Å². The molecular weight excluding hydrogens is 493 g/mol. The monoisotopic (exact) mass is 513 g/mol. The number of sulfonamides is 1. The molecule has 0 fully saturated rings. The fourth-order valence-electron chi connectivity index (χ4n) is 3.23. The number of para-hydroxylation sites is 1. The molecule has 35 heavy (non-hydrogen) atoms. The number of nitrogens with zero attached hydrogens (tertiary/aromatic N) is 1. The minimum absolute atomic E-state index is 0.0346. The van der Waals surface area contributed by atoms with Crippen LogP contribution < -0.4 is 14.9 Å². The maximum atomic E-state index is 13.5. The zero-order chi connectivity index (χ0) is 24.8. The zero-order valence-corrected chi connectivity index (χ0v) is 19.8. The van der Waals surface area contributed by atoms with Crippen LogP contribution in [-0.2, 0) is 21.4 Å². The van der Waals surface area contributed by atoms with Crippen molar-refractivity contribution < 1.29 is 26.8 Å². The molecule has 11 heteroatoms. The van der Waals surface area contributed by atoms with Gasteiger partial charge in [0.2, 0.25) is 5.91 Å². The number of carbonyl (C=O) groups excluding carboxylic acids is 2. The first-order chi connectivity index (χ1) is 16.8. The third-order valence-corrected chi connectivity index (χ3v) is 8.04. The second kappa shape index (κ2) is 10.5. The van der Waals surface area contributed by atoms with Gasteiger partial charge < -0.3 is 15.1 Å². The Kier molecular flexibility index (Phi) is 7.28. The third-order valence-electron chi connectivity index (χ3n) is 4.89. The summed E-state index contributed by atoms with van der Waals surface area (Å²) in [5, 5.41) is 6.92. The molecule has 180 valence electrons. The third kappa shape index (κ3) is 5.76. The molecule has 0 aliphatic heterocycles. The van der Waals surface area contributed by atoms with E-state index in [1.165, 1.54) is 36.6 Å². The quantitative estimate of drug-likeness (QED) is 0.348. The Morgan fingerprint density at radius 1 is 0.971 bits per heavy atom. The Balaban J connectivity index is 1.54. The molecular formula is C24H20FN3O5S2. The lowest BCUT2D eigenvalue weighted by molar-refractivity contribution is -0.114. The van der Waals surface area contributed by atoms with Crippen LogP contribution in [0.2, 0.25) is 0 Å². The Labute approximate surface area is 205 Å². The van der Waals surface area contributed by atoms with Crippen molar-refractivity contribution in [3.8, 4) is 0 Å². The lowest BCUT2D eigenvalue weighted by Gasteiger charge is -2.23. The van der Waals surface area contributed by atoms with Gasteiger partial charge in [0, 0.05) is 0 Å². The summed E-state index contributed by atoms with van der Waals surface area (Å²) in [4.78, 5) is 25.7. The lowest BCUT2D eigenvalue weighted by Crippen LogP contribution is -2.38. The number of anilines is 2. The fraction of sp³-hybridized carbons (Fsp3) is 0.0833. The summed E-state index contributed by atoms with van der Waals surface area (Å²) in [6.45, 7) is -0.431. The van der Waals surface area contributed by atoms with Gasteiger partial charge in [-0.05, 0) is 60.0 Å². The first-order valence-corrected chi connectivity index (χ1v) is 12.7. The van der Waals surface area contributed by atoms with Gasteiger partial charge in [-0.2, -0.15) is 0 Å². The first kappa shape index (κ1) is 24.2. The van der Waals surface area contributed by atoms with E-state index in [2.05, 4.69) is 10.6 Å². The van der Waals surface area contributed by atoms with Crippen LogP contribution in [0, 0.1) is 5.82 Å². The highest BCUT2D eigenvalue weighted by molar-refractivity contribution is 7.94. The molecule has 2 aromatic heterocycles. The van der Waals surface area contributed by atoms with E-state index in [4.69, 9.17) is 4.42 Å². The van der Waals surface area contributed by atoms with Crippen LogP contribution in [0.1, 0.15) is 16.1 Å². The van der Waals surface area contributed by atoms with Gasteiger partial charge >= 0.3 is 0 Å². The summed E-state index contributed by atoms with van der Waals surface area (Å²) >= 11 is 1.00. The van der Waals surface area contributed by atoms with Crippen molar-refractivity contribution in [3.05, 3.63) is 102 Å². The van der Waals surface area contributed by atoms with Crippen LogP contribution in [0.5, 0.6) is 0 Å². The number of amides is 2. The topological polar surface area (TPSA) is 109 Å². The summed E-state index contributed by atoms with van der Waals surface area (Å²) in [5.41, 5.74) is 0.531. The molecule has 8 nitrogen and oxygen atoms in total. The molecule has 2 N–H and O–H groups in total. The maximum absolute atomic E-state index is 13.5. The van der Waals surface area contributed by atoms with E-state index in [9.17, 15) is 22.4 Å². The minimum atomic E-state index is -4.09. The van der Waals surface area contributed by atoms with Crippen LogP contribution in [0.15, 0.2) is 93.1 Å². The van der Waals surface area contributed by atoms with E-state index in [1.807, 2.05) is 0 Å². The molecule has 4 rings (SSSR count). The Morgan fingerprint density at radius 2 is 1.74 bits per heavy atom. The second-order valence-corrected chi connectivity index (χ2v) is 10.3. The van der Waals surface area contributed by atoms with E-state index in [0.29, 0.717) is 5.76 Å². The largest absolute Gasteiger partial charge is 0.467 e. The molecule has 0 unspecified atom stereocenters. The van der Waals surface area contributed by atoms with E-state index in [-0.39, 0.29) is 27.7 Å². The molecule has 2 amide bonds. The number of thiophene rings is 1. The molecule has 0 aliphatic carbocycles. The minimum Gasteiger partial charge on any atom is -0.467 e. The standard InChI is InChI=1S/C24H20FN3O5S2/c25-17-9-11-18(12-10-17)28(35(31,32)23-8-4-14-34-23)16-22(29)27-21-7-2-1-6-20(21)24(30)26-15-19-5-3-13-33-19/h1-14H,15-16H2,(H,26,30)(H,27,29). The van der Waals surface area contributed by atoms with Crippen molar-refractivity contribution in [2.45, 2.75) is 10.8 Å². The lowest BCUT2D eigenvalue weighted by atomic mass is 10.1. The highest BCUT2D eigenvalue weighted by Gasteiger charge is 2.28. The van der Waals surface area contributed by atoms with Gasteiger partial charge in [0.25, 0.3) is 15.9 Å². The van der Waals surface area contributed by atoms with Gasteiger partial charge in [-0.1, -0.05) is 18.2 Å². The number of carbonyl (C=O) groups is 2. The normalized spacial score (nSPS) is 11.1. The molecule has 2 heterocycles. The average Bonchev–Trinajstić information content (AvgIpc) is 3.57. The molecule has 0 aliphatic rings. The fourth-order valence-corrected chi connectivity index (χ4v) is 5.75. The number of benzene rings is 2. The summed E-state index contributed by atoms with van der Waals surface area (Å²) < 4.78 is 46.0.